The van der Waals surface area contributed by atoms with E-state index in [9.17, 15) is 9.59 Å². The third-order valence-electron chi connectivity index (χ3n) is 0.553. The van der Waals surface area contributed by atoms with Crippen LogP contribution in [0, 0.1) is 0 Å². The summed E-state index contributed by atoms with van der Waals surface area (Å²) in [6, 6.07) is 0. The Morgan fingerprint density at radius 2 is 1.22 bits per heavy atom. The van der Waals surface area contributed by atoms with E-state index in [0.717, 1.165) is 0 Å². The normalized spacial score (nSPS) is 7.56. The second-order valence-electron chi connectivity index (χ2n) is 1.29. The molecule has 1 radical (unpaired) electrons. The van der Waals surface area contributed by atoms with Gasteiger partial charge in [0, 0.05) is 16.8 Å². The van der Waals surface area contributed by atoms with Crippen molar-refractivity contribution in [3.8, 4) is 0 Å². The van der Waals surface area contributed by atoms with Crippen LogP contribution in [0.15, 0.2) is 0 Å². The van der Waals surface area contributed by atoms with E-state index in [1.807, 2.05) is 0 Å². The monoisotopic (exact) mass is 177 g/mol. The Bertz CT molecular complexity index is 97.1. The standard InChI is InChI=1S/C4H6O4.Co/c5-3(6)1-2-4(7)8;/h1-2H2,(H,5,6)(H,7,8);. The molecule has 0 bridgehead atoms. The van der Waals surface area contributed by atoms with Crippen LogP contribution >= 0.6 is 0 Å². The minimum atomic E-state index is -1.08. The van der Waals surface area contributed by atoms with Crippen LogP contribution < -0.4 is 0 Å². The smallest absolute Gasteiger partial charge is 0.303 e. The molecule has 55 valence electrons. The predicted molar refractivity (Wildman–Crippen MR) is 24.5 cm³/mol. The van der Waals surface area contributed by atoms with Crippen molar-refractivity contribution in [2.24, 2.45) is 0 Å². The molecule has 4 nitrogen and oxygen atoms in total. The van der Waals surface area contributed by atoms with E-state index in [1.165, 1.54) is 0 Å². The summed E-state index contributed by atoms with van der Waals surface area (Å²) in [6.07, 6.45) is -0.593. The van der Waals surface area contributed by atoms with Crippen molar-refractivity contribution in [3.63, 3.8) is 0 Å². The van der Waals surface area contributed by atoms with Crippen LogP contribution in [0.1, 0.15) is 12.8 Å². The number of carboxylic acids is 2. The molecule has 0 spiro atoms. The van der Waals surface area contributed by atoms with Crippen molar-refractivity contribution in [2.45, 2.75) is 12.8 Å². The van der Waals surface area contributed by atoms with Crippen LogP contribution in [0.3, 0.4) is 0 Å². The summed E-state index contributed by atoms with van der Waals surface area (Å²) in [5.74, 6) is -2.15. The third-order valence-corrected chi connectivity index (χ3v) is 0.553. The molecule has 0 saturated carbocycles. The van der Waals surface area contributed by atoms with Crippen LogP contribution in [-0.4, -0.2) is 22.2 Å². The van der Waals surface area contributed by atoms with Gasteiger partial charge in [0.25, 0.3) is 0 Å². The molecule has 9 heavy (non-hydrogen) atoms. The van der Waals surface area contributed by atoms with Gasteiger partial charge < -0.3 is 10.2 Å². The fourth-order valence-corrected chi connectivity index (χ4v) is 0.214. The van der Waals surface area contributed by atoms with E-state index in [4.69, 9.17) is 10.2 Å². The van der Waals surface area contributed by atoms with Crippen LogP contribution in [0.25, 0.3) is 0 Å². The number of rotatable bonds is 3. The van der Waals surface area contributed by atoms with Gasteiger partial charge in [0.05, 0.1) is 12.8 Å². The summed E-state index contributed by atoms with van der Waals surface area (Å²) in [6.45, 7) is 0. The molecule has 0 rings (SSSR count). The fraction of sp³-hybridized carbons (Fsp3) is 0.500. The van der Waals surface area contributed by atoms with Crippen molar-refractivity contribution < 1.29 is 36.6 Å². The molecule has 0 unspecified atom stereocenters. The molecule has 0 saturated heterocycles. The zero-order valence-electron chi connectivity index (χ0n) is 4.46. The van der Waals surface area contributed by atoms with Gasteiger partial charge in [-0.2, -0.15) is 0 Å². The molecule has 0 fully saturated rings. The third kappa shape index (κ3) is 11.2. The molecule has 0 aromatic rings. The molecule has 2 N–H and O–H groups in total. The molecule has 0 atom stereocenters. The van der Waals surface area contributed by atoms with Gasteiger partial charge in [0.1, 0.15) is 0 Å². The van der Waals surface area contributed by atoms with Crippen molar-refractivity contribution in [1.82, 2.24) is 0 Å². The van der Waals surface area contributed by atoms with E-state index < -0.39 is 11.9 Å². The molecular formula is C4H6CoO4. The quantitative estimate of drug-likeness (QED) is 0.632. The maximum atomic E-state index is 9.64. The Labute approximate surface area is 62.1 Å². The summed E-state index contributed by atoms with van der Waals surface area (Å²) in [5.41, 5.74) is 0. The van der Waals surface area contributed by atoms with Gasteiger partial charge in [0.2, 0.25) is 0 Å². The zero-order chi connectivity index (χ0) is 6.57. The molecule has 0 aliphatic heterocycles. The van der Waals surface area contributed by atoms with Gasteiger partial charge in [-0.25, -0.2) is 0 Å². The molecule has 0 aromatic carbocycles. The maximum absolute atomic E-state index is 9.64. The number of aliphatic carboxylic acids is 2. The fourth-order valence-electron chi connectivity index (χ4n) is 0.214. The Morgan fingerprint density at radius 1 is 1.00 bits per heavy atom. The Balaban J connectivity index is 0. The van der Waals surface area contributed by atoms with Crippen LogP contribution in [0.2, 0.25) is 0 Å². The van der Waals surface area contributed by atoms with E-state index in [-0.39, 0.29) is 29.6 Å². The summed E-state index contributed by atoms with van der Waals surface area (Å²) < 4.78 is 0. The van der Waals surface area contributed by atoms with Gasteiger partial charge in [0.15, 0.2) is 0 Å². The predicted octanol–water partition coefficient (Wildman–Crippen LogP) is -0.0667. The number of carbonyl (C=O) groups is 2. The SMILES string of the molecule is O=C(O)CCC(=O)O.[Co]. The number of hydrogen-bond acceptors (Lipinski definition) is 2. The summed E-state index contributed by atoms with van der Waals surface area (Å²) in [4.78, 5) is 19.3. The molecule has 0 heterocycles. The number of carboxylic acid groups (broad SMARTS) is 2. The second-order valence-corrected chi connectivity index (χ2v) is 1.29. The van der Waals surface area contributed by atoms with Crippen molar-refractivity contribution in [3.05, 3.63) is 0 Å². The average molecular weight is 177 g/mol. The summed E-state index contributed by atoms with van der Waals surface area (Å²) >= 11 is 0. The Kier molecular flexibility index (Phi) is 6.99. The second kappa shape index (κ2) is 5.58. The van der Waals surface area contributed by atoms with Crippen LogP contribution in [-0.2, 0) is 26.4 Å². The van der Waals surface area contributed by atoms with Crippen molar-refractivity contribution in [2.75, 3.05) is 0 Å². The van der Waals surface area contributed by atoms with Crippen molar-refractivity contribution in [1.29, 1.82) is 0 Å². The first-order valence-electron chi connectivity index (χ1n) is 2.06. The van der Waals surface area contributed by atoms with Crippen LogP contribution in [0.5, 0.6) is 0 Å². The summed E-state index contributed by atoms with van der Waals surface area (Å²) in [7, 11) is 0. The maximum Gasteiger partial charge on any atom is 0.303 e. The molecule has 0 aliphatic rings. The minimum Gasteiger partial charge on any atom is -0.481 e. The Hall–Kier alpha value is -0.554. The van der Waals surface area contributed by atoms with Gasteiger partial charge in [-0.05, 0) is 0 Å². The molecular weight excluding hydrogens is 171 g/mol. The Morgan fingerprint density at radius 3 is 1.33 bits per heavy atom. The van der Waals surface area contributed by atoms with E-state index >= 15 is 0 Å². The first kappa shape index (κ1) is 11.3. The van der Waals surface area contributed by atoms with E-state index in [2.05, 4.69) is 0 Å². The van der Waals surface area contributed by atoms with Gasteiger partial charge in [-0.15, -0.1) is 0 Å². The molecule has 5 heteroatoms. The van der Waals surface area contributed by atoms with Crippen LogP contribution in [0.4, 0.5) is 0 Å². The average Bonchev–Trinajstić information content (AvgIpc) is 1.61. The van der Waals surface area contributed by atoms with Gasteiger partial charge in [-0.1, -0.05) is 0 Å². The van der Waals surface area contributed by atoms with Gasteiger partial charge in [-0.3, -0.25) is 9.59 Å². The van der Waals surface area contributed by atoms with Gasteiger partial charge >= 0.3 is 11.9 Å². The zero-order valence-corrected chi connectivity index (χ0v) is 5.50. The first-order chi connectivity index (χ1) is 3.63. The van der Waals surface area contributed by atoms with E-state index in [1.54, 1.807) is 0 Å². The molecule has 0 aliphatic carbocycles. The minimum absolute atomic E-state index is 0. The van der Waals surface area contributed by atoms with Crippen molar-refractivity contribution >= 4 is 11.9 Å². The largest absolute Gasteiger partial charge is 0.481 e. The van der Waals surface area contributed by atoms with E-state index in [0.29, 0.717) is 0 Å². The molecule has 0 amide bonds. The molecule has 0 aromatic heterocycles. The summed E-state index contributed by atoms with van der Waals surface area (Å²) in [5, 5.41) is 15.8. The first-order valence-corrected chi connectivity index (χ1v) is 2.06. The number of hydrogen-bond donors (Lipinski definition) is 2. The topological polar surface area (TPSA) is 74.6 Å².